The van der Waals surface area contributed by atoms with Crippen molar-refractivity contribution in [2.75, 3.05) is 13.7 Å². The third-order valence-electron chi connectivity index (χ3n) is 11.8. The zero-order chi connectivity index (χ0) is 28.9. The zero-order valence-electron chi connectivity index (χ0n) is 25.4. The monoisotopic (exact) mass is 545 g/mol. The molecule has 3 aliphatic carbocycles. The summed E-state index contributed by atoms with van der Waals surface area (Å²) in [4.78, 5) is 38.4. The molecule has 4 fully saturated rings. The first-order chi connectivity index (χ1) is 18.2. The lowest BCUT2D eigenvalue weighted by atomic mass is 9.37. The highest BCUT2D eigenvalue weighted by Gasteiger charge is 2.70. The van der Waals surface area contributed by atoms with Crippen molar-refractivity contribution >= 4 is 17.8 Å². The molecule has 7 nitrogen and oxygen atoms in total. The van der Waals surface area contributed by atoms with Crippen LogP contribution in [0.2, 0.25) is 0 Å². The molecular weight excluding hydrogens is 494 g/mol. The van der Waals surface area contributed by atoms with Gasteiger partial charge < -0.3 is 19.9 Å². The topological polar surface area (TPSA) is 102 Å². The summed E-state index contributed by atoms with van der Waals surface area (Å²) in [6.07, 6.45) is 5.12. The van der Waals surface area contributed by atoms with Crippen LogP contribution in [-0.2, 0) is 23.9 Å². The lowest BCUT2D eigenvalue weighted by molar-refractivity contribution is -0.216. The molecule has 1 aliphatic heterocycles. The van der Waals surface area contributed by atoms with Gasteiger partial charge in [0.25, 0.3) is 0 Å². The van der Waals surface area contributed by atoms with Gasteiger partial charge in [0.2, 0.25) is 5.91 Å². The predicted molar refractivity (Wildman–Crippen MR) is 149 cm³/mol. The van der Waals surface area contributed by atoms with Gasteiger partial charge in [0.05, 0.1) is 13.2 Å². The van der Waals surface area contributed by atoms with E-state index in [1.807, 2.05) is 6.92 Å². The van der Waals surface area contributed by atoms with Crippen molar-refractivity contribution < 1.29 is 29.0 Å². The zero-order valence-corrected chi connectivity index (χ0v) is 25.4. The molecule has 0 radical (unpaired) electrons. The van der Waals surface area contributed by atoms with Crippen molar-refractivity contribution in [1.29, 1.82) is 0 Å². The molecule has 4 rings (SSSR count). The van der Waals surface area contributed by atoms with Gasteiger partial charge in [0.1, 0.15) is 6.10 Å². The first kappa shape index (κ1) is 30.1. The predicted octanol–water partition coefficient (Wildman–Crippen LogP) is 5.20. The average Bonchev–Trinajstić information content (AvgIpc) is 3.05. The normalized spacial score (nSPS) is 43.0. The molecule has 9 atom stereocenters. The lowest BCUT2D eigenvalue weighted by Gasteiger charge is -2.67. The Hall–Kier alpha value is -1.89. The number of amides is 1. The number of carbonyl (C=O) groups is 3. The Morgan fingerprint density at radius 2 is 1.85 bits per heavy atom. The Kier molecular flexibility index (Phi) is 8.35. The third-order valence-corrected chi connectivity index (χ3v) is 11.8. The van der Waals surface area contributed by atoms with Gasteiger partial charge in [-0.3, -0.25) is 9.59 Å². The van der Waals surface area contributed by atoms with E-state index < -0.39 is 12.2 Å². The second-order valence-corrected chi connectivity index (χ2v) is 14.2. The van der Waals surface area contributed by atoms with E-state index in [0.717, 1.165) is 37.7 Å². The van der Waals surface area contributed by atoms with E-state index in [2.05, 4.69) is 39.9 Å². The average molecular weight is 546 g/mol. The standard InChI is InChI=1S/C32H51NO6/c1-18(2)10-9-11-21(29(37)38-8)26-23-16-24(35)27-30(5)14-15-33-28(36)19(3)22(30)12-13-31(27,6)32(23,7)17-25(26)39-20(4)34/h18-19,22-25,27,35H,9-17H2,1-8H3,(H,33,36)/b26-21-/t19-,22?,23-,24+,25-,27-,30-,31-,32-/m0/s1. The molecule has 2 N–H and O–H groups in total. The maximum absolute atomic E-state index is 13.3. The summed E-state index contributed by atoms with van der Waals surface area (Å²) in [6.45, 7) is 15.4. The highest BCUT2D eigenvalue weighted by molar-refractivity contribution is 5.90. The number of esters is 2. The van der Waals surface area contributed by atoms with Crippen LogP contribution in [0.5, 0.6) is 0 Å². The Balaban J connectivity index is 1.83. The van der Waals surface area contributed by atoms with Crippen molar-refractivity contribution in [3.05, 3.63) is 11.1 Å². The number of aliphatic hydroxyl groups is 1. The molecule has 0 aromatic rings. The van der Waals surface area contributed by atoms with E-state index in [4.69, 9.17) is 9.47 Å². The summed E-state index contributed by atoms with van der Waals surface area (Å²) in [6, 6.07) is 0. The SMILES string of the molecule is COC(=O)/C(CCCC(C)C)=C1\[C@@H](OC(C)=O)C[C@@]2(C)[C@H]1C[C@@H](O)[C@H]1[C@@]3(C)CCNC(=O)[C@@H](C)C3CC[C@@]12C. The van der Waals surface area contributed by atoms with Crippen molar-refractivity contribution in [2.24, 2.45) is 45.8 Å². The van der Waals surface area contributed by atoms with Crippen LogP contribution < -0.4 is 5.32 Å². The molecule has 0 aromatic heterocycles. The maximum Gasteiger partial charge on any atom is 0.333 e. The minimum Gasteiger partial charge on any atom is -0.466 e. The summed E-state index contributed by atoms with van der Waals surface area (Å²) in [5.74, 6) is -0.0561. The summed E-state index contributed by atoms with van der Waals surface area (Å²) < 4.78 is 11.3. The van der Waals surface area contributed by atoms with Crippen molar-refractivity contribution in [3.63, 3.8) is 0 Å². The van der Waals surface area contributed by atoms with Gasteiger partial charge in [0.15, 0.2) is 0 Å². The molecule has 1 heterocycles. The molecule has 220 valence electrons. The number of ether oxygens (including phenoxy) is 2. The summed E-state index contributed by atoms with van der Waals surface area (Å²) in [5.41, 5.74) is 0.758. The van der Waals surface area contributed by atoms with Gasteiger partial charge in [-0.05, 0) is 90.4 Å². The van der Waals surface area contributed by atoms with Gasteiger partial charge in [-0.1, -0.05) is 48.0 Å². The van der Waals surface area contributed by atoms with E-state index in [0.29, 0.717) is 37.3 Å². The second-order valence-electron chi connectivity index (χ2n) is 14.2. The van der Waals surface area contributed by atoms with E-state index in [1.165, 1.54) is 14.0 Å². The lowest BCUT2D eigenvalue weighted by Crippen LogP contribution is -2.64. The number of methoxy groups -OCH3 is 1. The van der Waals surface area contributed by atoms with Crippen LogP contribution in [0.25, 0.3) is 0 Å². The largest absolute Gasteiger partial charge is 0.466 e. The fourth-order valence-corrected chi connectivity index (χ4v) is 9.85. The molecule has 7 heteroatoms. The summed E-state index contributed by atoms with van der Waals surface area (Å²) in [5, 5.41) is 15.2. The first-order valence-corrected chi connectivity index (χ1v) is 15.2. The highest BCUT2D eigenvalue weighted by atomic mass is 16.5. The minimum atomic E-state index is -0.582. The molecule has 1 amide bonds. The van der Waals surface area contributed by atoms with Crippen molar-refractivity contribution in [3.8, 4) is 0 Å². The molecule has 3 saturated carbocycles. The van der Waals surface area contributed by atoms with Gasteiger partial charge in [0, 0.05) is 25.0 Å². The van der Waals surface area contributed by atoms with Crippen LogP contribution in [0, 0.1) is 45.8 Å². The first-order valence-electron chi connectivity index (χ1n) is 15.2. The maximum atomic E-state index is 13.3. The molecular formula is C32H51NO6. The second kappa shape index (κ2) is 10.8. The van der Waals surface area contributed by atoms with E-state index in [-0.39, 0.29) is 57.8 Å². The number of rotatable bonds is 6. The Morgan fingerprint density at radius 1 is 1.15 bits per heavy atom. The molecule has 1 saturated heterocycles. The minimum absolute atomic E-state index is 0.00000397. The van der Waals surface area contributed by atoms with Gasteiger partial charge in [-0.15, -0.1) is 0 Å². The van der Waals surface area contributed by atoms with Crippen molar-refractivity contribution in [1.82, 2.24) is 5.32 Å². The van der Waals surface area contributed by atoms with Crippen LogP contribution in [0.1, 0.15) is 99.8 Å². The third kappa shape index (κ3) is 4.85. The quantitative estimate of drug-likeness (QED) is 0.351. The number of aliphatic hydroxyl groups excluding tert-OH is 1. The van der Waals surface area contributed by atoms with Crippen LogP contribution in [-0.4, -0.2) is 48.8 Å². The van der Waals surface area contributed by atoms with Gasteiger partial charge in [-0.25, -0.2) is 4.79 Å². The van der Waals surface area contributed by atoms with E-state index in [1.54, 1.807) is 0 Å². The van der Waals surface area contributed by atoms with Crippen molar-refractivity contribution in [2.45, 2.75) is 112 Å². The Morgan fingerprint density at radius 3 is 2.46 bits per heavy atom. The number of carbonyl (C=O) groups excluding carboxylic acids is 3. The molecule has 39 heavy (non-hydrogen) atoms. The number of hydrogen-bond acceptors (Lipinski definition) is 6. The Bertz CT molecular complexity index is 1020. The molecule has 0 spiro atoms. The van der Waals surface area contributed by atoms with Crippen LogP contribution >= 0.6 is 0 Å². The van der Waals surface area contributed by atoms with Gasteiger partial charge >= 0.3 is 11.9 Å². The molecule has 0 bridgehead atoms. The molecule has 0 aromatic carbocycles. The molecule has 1 unspecified atom stereocenters. The smallest absolute Gasteiger partial charge is 0.333 e. The summed E-state index contributed by atoms with van der Waals surface area (Å²) in [7, 11) is 1.41. The summed E-state index contributed by atoms with van der Waals surface area (Å²) >= 11 is 0. The highest BCUT2D eigenvalue weighted by Crippen LogP contribution is 2.73. The van der Waals surface area contributed by atoms with Gasteiger partial charge in [-0.2, -0.15) is 0 Å². The Labute approximate surface area is 234 Å². The molecule has 4 aliphatic rings. The number of hydrogen-bond donors (Lipinski definition) is 2. The van der Waals surface area contributed by atoms with Crippen LogP contribution in [0.3, 0.4) is 0 Å². The number of fused-ring (bicyclic) bond motifs is 5. The fourth-order valence-electron chi connectivity index (χ4n) is 9.85. The van der Waals surface area contributed by atoms with E-state index in [9.17, 15) is 19.5 Å². The number of nitrogens with one attached hydrogen (secondary N) is 1. The van der Waals surface area contributed by atoms with E-state index >= 15 is 0 Å². The fraction of sp³-hybridized carbons (Fsp3) is 0.844. The van der Waals surface area contributed by atoms with Crippen LogP contribution in [0.4, 0.5) is 0 Å². The van der Waals surface area contributed by atoms with Crippen LogP contribution in [0.15, 0.2) is 11.1 Å².